The highest BCUT2D eigenvalue weighted by molar-refractivity contribution is 6.31. The van der Waals surface area contributed by atoms with Gasteiger partial charge in [-0.05, 0) is 58.7 Å². The van der Waals surface area contributed by atoms with Crippen molar-refractivity contribution in [3.05, 3.63) is 190 Å². The molecule has 12 heteroatoms. The largest absolute Gasteiger partial charge is 0.337 e. The molecule has 0 saturated heterocycles. The van der Waals surface area contributed by atoms with Crippen molar-refractivity contribution in [2.24, 2.45) is 0 Å². The van der Waals surface area contributed by atoms with Crippen LogP contribution in [0.3, 0.4) is 0 Å². The molecular weight excluding hydrogens is 762 g/mol. The Morgan fingerprint density at radius 1 is 0.815 bits per heavy atom. The molecule has 3 heterocycles. The van der Waals surface area contributed by atoms with Crippen molar-refractivity contribution in [1.29, 1.82) is 0 Å². The fourth-order valence-corrected chi connectivity index (χ4v) is 6.04. The second-order valence-corrected chi connectivity index (χ2v) is 13.8. The van der Waals surface area contributed by atoms with Crippen molar-refractivity contribution in [3.8, 4) is 0 Å². The Morgan fingerprint density at radius 2 is 1.44 bits per heavy atom. The van der Waals surface area contributed by atoms with Gasteiger partial charge in [-0.25, -0.2) is 9.97 Å². The van der Waals surface area contributed by atoms with Crippen molar-refractivity contribution in [2.45, 2.75) is 19.4 Å². The molecule has 54 heavy (non-hydrogen) atoms. The van der Waals surface area contributed by atoms with Crippen LogP contribution in [0.1, 0.15) is 43.8 Å². The van der Waals surface area contributed by atoms with Crippen molar-refractivity contribution < 1.29 is 9.59 Å². The molecule has 0 saturated carbocycles. The lowest BCUT2D eigenvalue weighted by Gasteiger charge is -2.20. The maximum Gasteiger partial charge on any atom is 0.294 e. The van der Waals surface area contributed by atoms with Crippen LogP contribution in [0.2, 0.25) is 10.0 Å². The predicted molar refractivity (Wildman–Crippen MR) is 222 cm³/mol. The summed E-state index contributed by atoms with van der Waals surface area (Å²) in [6.45, 7) is 8.69. The van der Waals surface area contributed by atoms with E-state index in [4.69, 9.17) is 46.4 Å². The molecule has 2 N–H and O–H groups in total. The minimum Gasteiger partial charge on any atom is -0.337 e. The summed E-state index contributed by atoms with van der Waals surface area (Å²) in [5.41, 5.74) is 7.30. The molecule has 7 rings (SSSR count). The summed E-state index contributed by atoms with van der Waals surface area (Å²) >= 11 is 22.5. The summed E-state index contributed by atoms with van der Waals surface area (Å²) in [4.78, 5) is 38.7. The van der Waals surface area contributed by atoms with Crippen LogP contribution in [0.4, 0.5) is 11.4 Å². The third-order valence-electron chi connectivity index (χ3n) is 7.93. The van der Waals surface area contributed by atoms with Gasteiger partial charge in [0, 0.05) is 77.2 Å². The third-order valence-corrected chi connectivity index (χ3v) is 9.15. The second-order valence-electron chi connectivity index (χ2n) is 12.4. The van der Waals surface area contributed by atoms with Crippen LogP contribution in [0.5, 0.6) is 0 Å². The van der Waals surface area contributed by atoms with Crippen molar-refractivity contribution >= 4 is 69.6 Å². The lowest BCUT2D eigenvalue weighted by molar-refractivity contribution is 0.0977. The maximum absolute atomic E-state index is 13.1. The average molecular weight is 801 g/mol. The highest BCUT2D eigenvalue weighted by atomic mass is 35.5. The zero-order valence-electron chi connectivity index (χ0n) is 29.3. The van der Waals surface area contributed by atoms with Gasteiger partial charge in [-0.3, -0.25) is 9.59 Å². The Kier molecular flexibility index (Phi) is 14.7. The van der Waals surface area contributed by atoms with E-state index in [9.17, 15) is 9.59 Å². The first-order chi connectivity index (χ1) is 26.1. The first-order valence-corrected chi connectivity index (χ1v) is 18.7. The van der Waals surface area contributed by atoms with E-state index in [1.165, 1.54) is 5.56 Å². The Bertz CT molecular complexity index is 2190. The molecule has 6 aromatic rings. The van der Waals surface area contributed by atoms with E-state index >= 15 is 0 Å². The van der Waals surface area contributed by atoms with E-state index in [0.29, 0.717) is 59.2 Å². The number of nitrogens with one attached hydrogen (secondary N) is 2. The maximum atomic E-state index is 13.1. The second kappa shape index (κ2) is 19.8. The van der Waals surface area contributed by atoms with Gasteiger partial charge in [-0.2, -0.15) is 0 Å². The number of imidazole rings is 2. The summed E-state index contributed by atoms with van der Waals surface area (Å²) in [7, 11) is 0. The van der Waals surface area contributed by atoms with Crippen LogP contribution >= 0.6 is 46.4 Å². The highest BCUT2D eigenvalue weighted by Crippen LogP contribution is 2.25. The minimum atomic E-state index is -0.290. The molecule has 8 nitrogen and oxygen atoms in total. The summed E-state index contributed by atoms with van der Waals surface area (Å²) < 4.78 is 1.90. The highest BCUT2D eigenvalue weighted by Gasteiger charge is 2.28. The van der Waals surface area contributed by atoms with Gasteiger partial charge < -0.3 is 19.8 Å². The summed E-state index contributed by atoms with van der Waals surface area (Å²) in [6, 6.07) is 34.4. The van der Waals surface area contributed by atoms with E-state index in [1.807, 2.05) is 71.4 Å². The number of aromatic amines is 1. The number of aromatic nitrogens is 4. The van der Waals surface area contributed by atoms with Gasteiger partial charge in [0.2, 0.25) is 0 Å². The predicted octanol–water partition coefficient (Wildman–Crippen LogP) is 10.3. The topological polar surface area (TPSA) is 95.9 Å². The monoisotopic (exact) mass is 798 g/mol. The lowest BCUT2D eigenvalue weighted by Crippen LogP contribution is -2.32. The number of carbonyl (C=O) groups is 2. The number of halogens is 4. The van der Waals surface area contributed by atoms with Crippen LogP contribution < -0.4 is 10.2 Å². The van der Waals surface area contributed by atoms with Crippen LogP contribution in [-0.4, -0.2) is 49.6 Å². The van der Waals surface area contributed by atoms with E-state index < -0.39 is 0 Å². The quantitative estimate of drug-likeness (QED) is 0.112. The van der Waals surface area contributed by atoms with Gasteiger partial charge in [-0.15, -0.1) is 23.2 Å². The molecule has 2 aromatic heterocycles. The minimum absolute atomic E-state index is 0.134. The standard InChI is InChI=1S/C21H18ClN3O.C17H14ClN3O.C4H6Cl2/c1-15-12-24-14-18(10-16-6-3-2-4-7-16)23-20(24)21(26)25(13-15)19-9-5-8-17(22)11-19;18-13-7-4-8-14(10-13)21-17(22)16-19-11-15(20-16)9-12-5-2-1-3-6-12;1-4(2-5)3-6/h2-9,11,14H,1,10,12-13H2;1-8,10-11H,9H2,(H,19,20)(H,21,22);1-3H2. The number of amides is 2. The first-order valence-electron chi connectivity index (χ1n) is 16.9. The van der Waals surface area contributed by atoms with Crippen molar-refractivity contribution in [2.75, 3.05) is 28.5 Å². The number of alkyl halides is 2. The molecule has 0 radical (unpaired) electrons. The summed E-state index contributed by atoms with van der Waals surface area (Å²) in [6.07, 6.45) is 5.03. The van der Waals surface area contributed by atoms with Crippen LogP contribution in [-0.2, 0) is 19.4 Å². The van der Waals surface area contributed by atoms with Gasteiger partial charge in [0.15, 0.2) is 11.6 Å². The van der Waals surface area contributed by atoms with Gasteiger partial charge in [0.1, 0.15) is 0 Å². The van der Waals surface area contributed by atoms with Crippen LogP contribution in [0.15, 0.2) is 146 Å². The van der Waals surface area contributed by atoms with Gasteiger partial charge >= 0.3 is 0 Å². The van der Waals surface area contributed by atoms with Crippen LogP contribution in [0.25, 0.3) is 0 Å². The third kappa shape index (κ3) is 11.7. The number of carbonyl (C=O) groups excluding carboxylic acids is 2. The summed E-state index contributed by atoms with van der Waals surface area (Å²) in [5.74, 6) is 1.25. The Labute approximate surface area is 335 Å². The lowest BCUT2D eigenvalue weighted by atomic mass is 10.1. The molecule has 276 valence electrons. The fraction of sp³-hybridized carbons (Fsp3) is 0.143. The number of benzene rings is 4. The molecule has 1 aliphatic heterocycles. The molecule has 2 amide bonds. The normalized spacial score (nSPS) is 12.0. The number of fused-ring (bicyclic) bond motifs is 1. The number of hydrogen-bond acceptors (Lipinski definition) is 4. The zero-order chi connectivity index (χ0) is 38.5. The van der Waals surface area contributed by atoms with E-state index in [-0.39, 0.29) is 17.6 Å². The molecule has 4 aromatic carbocycles. The molecular formula is C42H38Cl4N6O2. The van der Waals surface area contributed by atoms with E-state index in [0.717, 1.165) is 33.8 Å². The smallest absolute Gasteiger partial charge is 0.294 e. The fourth-order valence-electron chi connectivity index (χ4n) is 5.38. The first kappa shape index (κ1) is 40.1. The van der Waals surface area contributed by atoms with Gasteiger partial charge in [0.05, 0.1) is 5.69 Å². The van der Waals surface area contributed by atoms with E-state index in [2.05, 4.69) is 45.6 Å². The summed E-state index contributed by atoms with van der Waals surface area (Å²) in [5, 5.41) is 3.93. The SMILES string of the molecule is C=C(CCl)CCl.C=C1CN(c2cccc(Cl)c2)C(=O)c2nc(Cc3ccccc3)cn2C1.O=C(Nc1cccc(Cl)c1)c1ncc(Cc2ccccc2)[nH]1. The van der Waals surface area contributed by atoms with Gasteiger partial charge in [0.25, 0.3) is 11.8 Å². The molecule has 0 unspecified atom stereocenters. The zero-order valence-corrected chi connectivity index (χ0v) is 32.3. The molecule has 0 fully saturated rings. The van der Waals surface area contributed by atoms with Crippen LogP contribution in [0, 0.1) is 0 Å². The van der Waals surface area contributed by atoms with Crippen molar-refractivity contribution in [1.82, 2.24) is 19.5 Å². The number of hydrogen-bond donors (Lipinski definition) is 2. The number of nitrogens with zero attached hydrogens (tertiary/aromatic N) is 4. The molecule has 0 aliphatic carbocycles. The van der Waals surface area contributed by atoms with Crippen molar-refractivity contribution in [3.63, 3.8) is 0 Å². The Balaban J connectivity index is 0.000000183. The Morgan fingerprint density at radius 3 is 2.06 bits per heavy atom. The number of anilines is 2. The number of rotatable bonds is 9. The Hall–Kier alpha value is -5.12. The van der Waals surface area contributed by atoms with E-state index in [1.54, 1.807) is 47.5 Å². The molecule has 0 spiro atoms. The number of H-pyrrole nitrogens is 1. The molecule has 0 bridgehead atoms. The molecule has 1 aliphatic rings. The molecule has 0 atom stereocenters. The number of allylic oxidation sites excluding steroid dienone is 1. The van der Waals surface area contributed by atoms with Gasteiger partial charge in [-0.1, -0.05) is 109 Å². The average Bonchev–Trinajstić information content (AvgIpc) is 3.79.